The van der Waals surface area contributed by atoms with Gasteiger partial charge in [0.05, 0.1) is 33.0 Å². The summed E-state index contributed by atoms with van der Waals surface area (Å²) in [5.74, 6) is 1.10. The lowest BCUT2D eigenvalue weighted by atomic mass is 9.97. The van der Waals surface area contributed by atoms with Crippen molar-refractivity contribution in [2.45, 2.75) is 89.6 Å². The predicted molar refractivity (Wildman–Crippen MR) is 183 cm³/mol. The Kier molecular flexibility index (Phi) is 13.4. The van der Waals surface area contributed by atoms with Gasteiger partial charge in [-0.05, 0) is 59.2 Å². The molecule has 0 radical (unpaired) electrons. The highest BCUT2D eigenvalue weighted by Gasteiger charge is 2.34. The molecule has 0 bridgehead atoms. The van der Waals surface area contributed by atoms with E-state index in [1.165, 1.54) is 11.1 Å². The number of aliphatic hydroxyl groups is 1. The first kappa shape index (κ1) is 36.3. The summed E-state index contributed by atoms with van der Waals surface area (Å²) >= 11 is 0. The summed E-state index contributed by atoms with van der Waals surface area (Å²) in [4.78, 5) is 25.9. The van der Waals surface area contributed by atoms with Crippen LogP contribution in [0.25, 0.3) is 0 Å². The van der Waals surface area contributed by atoms with Crippen LogP contribution in [0.15, 0.2) is 60.7 Å². The maximum Gasteiger partial charge on any atom is 0.243 e. The van der Waals surface area contributed by atoms with Crippen molar-refractivity contribution in [1.29, 1.82) is 0 Å². The molecule has 3 aromatic rings. The van der Waals surface area contributed by atoms with E-state index in [1.807, 2.05) is 48.5 Å². The van der Waals surface area contributed by atoms with E-state index in [4.69, 9.17) is 24.2 Å². The lowest BCUT2D eigenvalue weighted by molar-refractivity contribution is -0.253. The number of hydrogen-bond donors (Lipinski definition) is 4. The lowest BCUT2D eigenvalue weighted by Gasteiger charge is -2.39. The van der Waals surface area contributed by atoms with Crippen LogP contribution in [0.2, 0.25) is 0 Å². The van der Waals surface area contributed by atoms with Gasteiger partial charge >= 0.3 is 0 Å². The smallest absolute Gasteiger partial charge is 0.243 e. The number of ether oxygens (including phenoxy) is 4. The molecule has 0 aromatic heterocycles. The van der Waals surface area contributed by atoms with E-state index in [0.29, 0.717) is 25.8 Å². The zero-order valence-corrected chi connectivity index (χ0v) is 28.5. The molecular weight excluding hydrogens is 626 g/mol. The van der Waals surface area contributed by atoms with Gasteiger partial charge in [-0.15, -0.1) is 0 Å². The van der Waals surface area contributed by atoms with Crippen molar-refractivity contribution >= 4 is 11.8 Å². The number of unbranched alkanes of at least 4 members (excludes halogenated alkanes) is 3. The number of amides is 2. The molecular formula is C38H49N3O8. The number of hydroxylamine groups is 1. The second-order valence-electron chi connectivity index (χ2n) is 12.8. The van der Waals surface area contributed by atoms with Gasteiger partial charge in [0.15, 0.2) is 17.8 Å². The van der Waals surface area contributed by atoms with E-state index < -0.39 is 6.29 Å². The summed E-state index contributed by atoms with van der Waals surface area (Å²) in [5, 5.41) is 21.1. The van der Waals surface area contributed by atoms with Crippen LogP contribution in [0, 0.1) is 0 Å². The first-order chi connectivity index (χ1) is 23.9. The third kappa shape index (κ3) is 10.3. The predicted octanol–water partition coefficient (Wildman–Crippen LogP) is 5.26. The van der Waals surface area contributed by atoms with E-state index in [0.717, 1.165) is 79.1 Å². The van der Waals surface area contributed by atoms with Crippen molar-refractivity contribution in [3.63, 3.8) is 0 Å². The van der Waals surface area contributed by atoms with Gasteiger partial charge in [-0.3, -0.25) is 19.7 Å². The Morgan fingerprint density at radius 3 is 2.12 bits per heavy atom. The van der Waals surface area contributed by atoms with Crippen LogP contribution in [-0.4, -0.2) is 60.4 Å². The quantitative estimate of drug-likeness (QED) is 0.0910. The van der Waals surface area contributed by atoms with Crippen molar-refractivity contribution in [2.75, 3.05) is 27.3 Å². The largest absolute Gasteiger partial charge is 0.493 e. The van der Waals surface area contributed by atoms with E-state index in [9.17, 15) is 14.7 Å². The summed E-state index contributed by atoms with van der Waals surface area (Å²) in [6.07, 6.45) is 4.64. The molecule has 2 aliphatic rings. The number of benzene rings is 3. The minimum absolute atomic E-state index is 0.00649. The molecule has 1 saturated heterocycles. The van der Waals surface area contributed by atoms with Crippen molar-refractivity contribution in [1.82, 2.24) is 15.7 Å². The topological polar surface area (TPSA) is 139 Å². The molecule has 3 unspecified atom stereocenters. The summed E-state index contributed by atoms with van der Waals surface area (Å²) in [5.41, 5.74) is 7.94. The molecule has 0 saturated carbocycles. The van der Waals surface area contributed by atoms with Gasteiger partial charge in [-0.25, -0.2) is 5.48 Å². The van der Waals surface area contributed by atoms with Gasteiger partial charge in [0.1, 0.15) is 0 Å². The first-order valence-corrected chi connectivity index (χ1v) is 17.1. The summed E-state index contributed by atoms with van der Waals surface area (Å²) in [6.45, 7) is 2.88. The third-order valence-electron chi connectivity index (χ3n) is 9.30. The maximum absolute atomic E-state index is 12.4. The highest BCUT2D eigenvalue weighted by molar-refractivity contribution is 5.75. The standard InChI is InChI=1S/C38H49N3O8/c1-46-34-19-30-17-18-41(23-31(30)20-35(34)47-2)24-32-21-33(28-13-11-27(25-42)12-14-28)49-38(48-32)29-15-9-26(10-16-29)22-39-36(43)7-5-3-4-6-8-37(44)40-45/h9-16,19-20,32-33,38,42,45H,3-8,17-18,21-25H2,1-2H3,(H,39,43)(H,40,44). The van der Waals surface area contributed by atoms with Crippen LogP contribution >= 0.6 is 0 Å². The number of nitrogens with zero attached hydrogens (tertiary/aromatic N) is 1. The van der Waals surface area contributed by atoms with Crippen LogP contribution in [0.4, 0.5) is 0 Å². The van der Waals surface area contributed by atoms with Crippen molar-refractivity contribution in [2.24, 2.45) is 0 Å². The van der Waals surface area contributed by atoms with Crippen LogP contribution in [0.3, 0.4) is 0 Å². The molecule has 2 aliphatic heterocycles. The Labute approximate surface area is 288 Å². The van der Waals surface area contributed by atoms with Gasteiger partial charge in [-0.2, -0.15) is 0 Å². The zero-order valence-electron chi connectivity index (χ0n) is 28.5. The normalized spacial score (nSPS) is 19.1. The SMILES string of the molecule is COc1cc2c(cc1OC)CN(CC1CC(c3ccc(CO)cc3)OC(c3ccc(CNC(=O)CCCCCCC(=O)NO)cc3)O1)CC2. The maximum atomic E-state index is 12.4. The van der Waals surface area contributed by atoms with Crippen LogP contribution < -0.4 is 20.3 Å². The fourth-order valence-electron chi connectivity index (χ4n) is 6.48. The number of hydrogen-bond acceptors (Lipinski definition) is 9. The van der Waals surface area contributed by atoms with E-state index >= 15 is 0 Å². The summed E-state index contributed by atoms with van der Waals surface area (Å²) in [7, 11) is 3.32. The molecule has 0 aliphatic carbocycles. The first-order valence-electron chi connectivity index (χ1n) is 17.1. The molecule has 264 valence electrons. The highest BCUT2D eigenvalue weighted by atomic mass is 16.7. The fourth-order valence-corrected chi connectivity index (χ4v) is 6.48. The molecule has 11 nitrogen and oxygen atoms in total. The molecule has 3 atom stereocenters. The van der Waals surface area contributed by atoms with Crippen LogP contribution in [0.5, 0.6) is 11.5 Å². The number of nitrogens with one attached hydrogen (secondary N) is 2. The van der Waals surface area contributed by atoms with Gasteiger partial charge < -0.3 is 29.4 Å². The highest BCUT2D eigenvalue weighted by Crippen LogP contribution is 2.39. The van der Waals surface area contributed by atoms with E-state index in [1.54, 1.807) is 19.7 Å². The average Bonchev–Trinajstić information content (AvgIpc) is 3.14. The number of methoxy groups -OCH3 is 2. The van der Waals surface area contributed by atoms with Gasteiger partial charge in [0.25, 0.3) is 0 Å². The van der Waals surface area contributed by atoms with E-state index in [2.05, 4.69) is 22.3 Å². The molecule has 5 rings (SSSR count). The van der Waals surface area contributed by atoms with Crippen LogP contribution in [0.1, 0.15) is 90.7 Å². The molecule has 2 heterocycles. The number of aliphatic hydroxyl groups excluding tert-OH is 1. The Hall–Kier alpha value is -4.00. The zero-order chi connectivity index (χ0) is 34.6. The average molecular weight is 676 g/mol. The van der Waals surface area contributed by atoms with Crippen molar-refractivity contribution in [3.05, 3.63) is 94.0 Å². The summed E-state index contributed by atoms with van der Waals surface area (Å²) in [6, 6.07) is 20.1. The van der Waals surface area contributed by atoms with Gasteiger partial charge in [0.2, 0.25) is 11.8 Å². The number of carbonyl (C=O) groups is 2. The monoisotopic (exact) mass is 675 g/mol. The molecule has 11 heteroatoms. The minimum Gasteiger partial charge on any atom is -0.493 e. The lowest BCUT2D eigenvalue weighted by Crippen LogP contribution is -2.41. The second-order valence-corrected chi connectivity index (χ2v) is 12.8. The Bertz CT molecular complexity index is 1510. The number of fused-ring (bicyclic) bond motifs is 1. The second kappa shape index (κ2) is 18.1. The molecule has 2 amide bonds. The van der Waals surface area contributed by atoms with Crippen LogP contribution in [-0.2, 0) is 45.2 Å². The molecule has 4 N–H and O–H groups in total. The summed E-state index contributed by atoms with van der Waals surface area (Å²) < 4.78 is 24.3. The fraction of sp³-hybridized carbons (Fsp3) is 0.474. The third-order valence-corrected chi connectivity index (χ3v) is 9.30. The number of carbonyl (C=O) groups excluding carboxylic acids is 2. The van der Waals surface area contributed by atoms with Gasteiger partial charge in [-0.1, -0.05) is 61.4 Å². The molecule has 49 heavy (non-hydrogen) atoms. The molecule has 1 fully saturated rings. The minimum atomic E-state index is -0.560. The Morgan fingerprint density at radius 1 is 0.837 bits per heavy atom. The molecule has 3 aromatic carbocycles. The van der Waals surface area contributed by atoms with Crippen molar-refractivity contribution in [3.8, 4) is 11.5 Å². The van der Waals surface area contributed by atoms with Crippen molar-refractivity contribution < 1.29 is 38.9 Å². The number of rotatable bonds is 16. The Balaban J connectivity index is 1.19. The van der Waals surface area contributed by atoms with E-state index in [-0.39, 0.29) is 37.0 Å². The van der Waals surface area contributed by atoms with Gasteiger partial charge in [0, 0.05) is 51.0 Å². The Morgan fingerprint density at radius 2 is 1.47 bits per heavy atom. The molecule has 0 spiro atoms.